The molecule has 2 aromatic heterocycles. The van der Waals surface area contributed by atoms with Crippen molar-refractivity contribution in [2.24, 2.45) is 0 Å². The number of piperidine rings is 1. The van der Waals surface area contributed by atoms with Crippen LogP contribution in [0, 0.1) is 6.92 Å². The molecule has 3 rings (SSSR count). The molecule has 0 N–H and O–H groups in total. The van der Waals surface area contributed by atoms with Gasteiger partial charge in [-0.3, -0.25) is 9.48 Å². The fourth-order valence-electron chi connectivity index (χ4n) is 3.12. The van der Waals surface area contributed by atoms with Crippen molar-refractivity contribution in [1.29, 1.82) is 0 Å². The number of carbonyl (C=O) groups excluding carboxylic acids is 1. The zero-order valence-electron chi connectivity index (χ0n) is 14.4. The average Bonchev–Trinajstić information content (AvgIpc) is 3.22. The van der Waals surface area contributed by atoms with Crippen LogP contribution >= 0.6 is 0 Å². The fraction of sp³-hybridized carbons (Fsp3) is 0.647. The van der Waals surface area contributed by atoms with Gasteiger partial charge in [-0.2, -0.15) is 10.1 Å². The maximum Gasteiger partial charge on any atom is 0.227 e. The molecule has 0 bridgehead atoms. The molecular formula is C17H25N5O2. The number of aryl methyl sites for hydroxylation is 3. The molecule has 7 heteroatoms. The monoisotopic (exact) mass is 331 g/mol. The summed E-state index contributed by atoms with van der Waals surface area (Å²) < 4.78 is 7.19. The zero-order chi connectivity index (χ0) is 16.9. The summed E-state index contributed by atoms with van der Waals surface area (Å²) in [7, 11) is 0. The minimum absolute atomic E-state index is 0.152. The third kappa shape index (κ3) is 4.01. The van der Waals surface area contributed by atoms with E-state index in [-0.39, 0.29) is 11.9 Å². The molecule has 2 aromatic rings. The van der Waals surface area contributed by atoms with E-state index in [4.69, 9.17) is 4.52 Å². The van der Waals surface area contributed by atoms with Crippen molar-refractivity contribution in [3.05, 3.63) is 29.7 Å². The molecule has 0 saturated carbocycles. The van der Waals surface area contributed by atoms with E-state index in [9.17, 15) is 4.79 Å². The Kier molecular flexibility index (Phi) is 5.27. The highest BCUT2D eigenvalue weighted by molar-refractivity contribution is 5.76. The summed E-state index contributed by atoms with van der Waals surface area (Å²) in [5.41, 5.74) is 1.15. The first-order valence-corrected chi connectivity index (χ1v) is 8.75. The molecule has 1 amide bonds. The number of rotatable bonds is 6. The van der Waals surface area contributed by atoms with E-state index in [0.29, 0.717) is 18.7 Å². The molecule has 1 aliphatic heterocycles. The normalized spacial score (nSPS) is 18.1. The number of likely N-dealkylation sites (tertiary alicyclic amines) is 1. The van der Waals surface area contributed by atoms with Crippen molar-refractivity contribution in [3.63, 3.8) is 0 Å². The van der Waals surface area contributed by atoms with E-state index in [1.165, 1.54) is 0 Å². The molecule has 1 aliphatic rings. The highest BCUT2D eigenvalue weighted by Crippen LogP contribution is 2.22. The summed E-state index contributed by atoms with van der Waals surface area (Å²) in [4.78, 5) is 18.8. The third-order valence-corrected chi connectivity index (χ3v) is 4.39. The highest BCUT2D eigenvalue weighted by Gasteiger charge is 2.25. The van der Waals surface area contributed by atoms with Gasteiger partial charge in [0, 0.05) is 38.5 Å². The van der Waals surface area contributed by atoms with Crippen LogP contribution in [-0.2, 0) is 17.6 Å². The second-order valence-corrected chi connectivity index (χ2v) is 6.49. The summed E-state index contributed by atoms with van der Waals surface area (Å²) in [5, 5.41) is 8.32. The van der Waals surface area contributed by atoms with Crippen molar-refractivity contribution >= 4 is 5.91 Å². The van der Waals surface area contributed by atoms with Gasteiger partial charge in [-0.1, -0.05) is 12.1 Å². The molecule has 1 unspecified atom stereocenters. The van der Waals surface area contributed by atoms with Gasteiger partial charge in [0.25, 0.3) is 0 Å². The van der Waals surface area contributed by atoms with Crippen LogP contribution in [0.5, 0.6) is 0 Å². The maximum absolute atomic E-state index is 12.5. The van der Waals surface area contributed by atoms with Crippen LogP contribution in [-0.4, -0.2) is 43.8 Å². The molecule has 0 spiro atoms. The van der Waals surface area contributed by atoms with E-state index >= 15 is 0 Å². The summed E-state index contributed by atoms with van der Waals surface area (Å²) in [6.45, 7) is 5.66. The van der Waals surface area contributed by atoms with E-state index in [1.807, 2.05) is 28.9 Å². The van der Waals surface area contributed by atoms with Crippen LogP contribution in [0.3, 0.4) is 0 Å². The molecule has 1 saturated heterocycles. The number of hydrogen-bond donors (Lipinski definition) is 0. The Morgan fingerprint density at radius 3 is 3.04 bits per heavy atom. The lowest BCUT2D eigenvalue weighted by molar-refractivity contribution is -0.132. The molecule has 0 radical (unpaired) electrons. The number of carbonyl (C=O) groups is 1. The Bertz CT molecular complexity index is 678. The van der Waals surface area contributed by atoms with Crippen LogP contribution < -0.4 is 0 Å². The van der Waals surface area contributed by atoms with Gasteiger partial charge in [-0.05, 0) is 31.7 Å². The first-order valence-electron chi connectivity index (χ1n) is 8.75. The van der Waals surface area contributed by atoms with Crippen LogP contribution in [0.4, 0.5) is 0 Å². The van der Waals surface area contributed by atoms with Crippen molar-refractivity contribution in [2.45, 2.75) is 58.4 Å². The minimum Gasteiger partial charge on any atom is -0.341 e. The van der Waals surface area contributed by atoms with E-state index in [1.54, 1.807) is 0 Å². The molecule has 0 aromatic carbocycles. The molecule has 1 atom stereocenters. The lowest BCUT2D eigenvalue weighted by Crippen LogP contribution is -2.40. The summed E-state index contributed by atoms with van der Waals surface area (Å²) in [6.07, 6.45) is 8.72. The molecule has 130 valence electrons. The van der Waals surface area contributed by atoms with Gasteiger partial charge in [-0.25, -0.2) is 0 Å². The number of nitrogens with zero attached hydrogens (tertiary/aromatic N) is 5. The van der Waals surface area contributed by atoms with Crippen LogP contribution in [0.25, 0.3) is 0 Å². The zero-order valence-corrected chi connectivity index (χ0v) is 14.4. The molecule has 7 nitrogen and oxygen atoms in total. The second-order valence-electron chi connectivity index (χ2n) is 6.49. The Morgan fingerprint density at radius 2 is 2.29 bits per heavy atom. The first-order chi connectivity index (χ1) is 11.7. The van der Waals surface area contributed by atoms with E-state index in [2.05, 4.69) is 22.2 Å². The third-order valence-electron chi connectivity index (χ3n) is 4.39. The summed E-state index contributed by atoms with van der Waals surface area (Å²) in [6, 6.07) is 0.274. The van der Waals surface area contributed by atoms with Crippen LogP contribution in [0.2, 0.25) is 0 Å². The van der Waals surface area contributed by atoms with Gasteiger partial charge in [-0.15, -0.1) is 0 Å². The summed E-state index contributed by atoms with van der Waals surface area (Å²) in [5.74, 6) is 1.44. The van der Waals surface area contributed by atoms with E-state index in [0.717, 1.165) is 50.2 Å². The number of hydrogen-bond acceptors (Lipinski definition) is 5. The fourth-order valence-corrected chi connectivity index (χ4v) is 3.12. The van der Waals surface area contributed by atoms with Crippen molar-refractivity contribution < 1.29 is 9.32 Å². The Hall–Kier alpha value is -2.18. The van der Waals surface area contributed by atoms with E-state index < -0.39 is 0 Å². The lowest BCUT2D eigenvalue weighted by Gasteiger charge is -2.32. The molecule has 3 heterocycles. The molecule has 24 heavy (non-hydrogen) atoms. The first kappa shape index (κ1) is 16.7. The van der Waals surface area contributed by atoms with Crippen LogP contribution in [0.15, 0.2) is 16.9 Å². The van der Waals surface area contributed by atoms with Gasteiger partial charge in [0.2, 0.25) is 11.8 Å². The maximum atomic E-state index is 12.5. The van der Waals surface area contributed by atoms with Gasteiger partial charge in [0.15, 0.2) is 5.82 Å². The van der Waals surface area contributed by atoms with Gasteiger partial charge in [0.05, 0.1) is 12.2 Å². The van der Waals surface area contributed by atoms with Crippen molar-refractivity contribution in [3.8, 4) is 0 Å². The smallest absolute Gasteiger partial charge is 0.227 e. The number of aromatic nitrogens is 4. The molecular weight excluding hydrogens is 306 g/mol. The van der Waals surface area contributed by atoms with Crippen molar-refractivity contribution in [2.75, 3.05) is 13.1 Å². The SMILES string of the molecule is CCCc1noc(CCC(=O)N2CCCC(n3cc(C)cn3)C2)n1. The molecule has 0 aliphatic carbocycles. The Labute approximate surface area is 142 Å². The standard InChI is InChI=1S/C17H25N5O2/c1-3-5-15-19-16(24-20-15)7-8-17(23)21-9-4-6-14(12-21)22-11-13(2)10-18-22/h10-11,14H,3-9,12H2,1-2H3. The summed E-state index contributed by atoms with van der Waals surface area (Å²) >= 11 is 0. The van der Waals surface area contributed by atoms with Gasteiger partial charge in [0.1, 0.15) is 0 Å². The van der Waals surface area contributed by atoms with Gasteiger partial charge >= 0.3 is 0 Å². The highest BCUT2D eigenvalue weighted by atomic mass is 16.5. The lowest BCUT2D eigenvalue weighted by atomic mass is 10.1. The molecule has 1 fully saturated rings. The predicted molar refractivity (Wildman–Crippen MR) is 88.4 cm³/mol. The second kappa shape index (κ2) is 7.59. The largest absolute Gasteiger partial charge is 0.341 e. The Morgan fingerprint density at radius 1 is 1.42 bits per heavy atom. The topological polar surface area (TPSA) is 77.0 Å². The minimum atomic E-state index is 0.152. The quantitative estimate of drug-likeness (QED) is 0.812. The Balaban J connectivity index is 1.52. The number of amides is 1. The van der Waals surface area contributed by atoms with Gasteiger partial charge < -0.3 is 9.42 Å². The average molecular weight is 331 g/mol. The van der Waals surface area contributed by atoms with Crippen molar-refractivity contribution in [1.82, 2.24) is 24.8 Å². The van der Waals surface area contributed by atoms with Crippen LogP contribution in [0.1, 0.15) is 55.9 Å². The predicted octanol–water partition coefficient (Wildman–Crippen LogP) is 2.32.